The molecule has 5 heteroatoms. The van der Waals surface area contributed by atoms with Crippen molar-refractivity contribution in [2.75, 3.05) is 19.6 Å². The van der Waals surface area contributed by atoms with E-state index in [0.717, 1.165) is 31.5 Å². The molecule has 27 heavy (non-hydrogen) atoms. The van der Waals surface area contributed by atoms with E-state index >= 15 is 0 Å². The summed E-state index contributed by atoms with van der Waals surface area (Å²) in [5.74, 6) is 0.604. The number of amides is 2. The van der Waals surface area contributed by atoms with E-state index in [4.69, 9.17) is 4.42 Å². The van der Waals surface area contributed by atoms with Gasteiger partial charge in [-0.05, 0) is 31.4 Å². The van der Waals surface area contributed by atoms with Crippen molar-refractivity contribution in [2.45, 2.75) is 46.6 Å². The Morgan fingerprint density at radius 2 is 1.59 bits per heavy atom. The third kappa shape index (κ3) is 5.98. The van der Waals surface area contributed by atoms with Crippen LogP contribution in [0.25, 0.3) is 0 Å². The Morgan fingerprint density at radius 1 is 0.926 bits per heavy atom. The lowest BCUT2D eigenvalue weighted by Gasteiger charge is -2.26. The van der Waals surface area contributed by atoms with Crippen molar-refractivity contribution in [3.05, 3.63) is 59.5 Å². The molecule has 0 bridgehead atoms. The van der Waals surface area contributed by atoms with Crippen molar-refractivity contribution in [1.82, 2.24) is 9.80 Å². The van der Waals surface area contributed by atoms with Crippen LogP contribution in [0.2, 0.25) is 0 Å². The summed E-state index contributed by atoms with van der Waals surface area (Å²) in [4.78, 5) is 29.3. The van der Waals surface area contributed by atoms with Crippen LogP contribution in [0, 0.1) is 6.92 Å². The minimum atomic E-state index is -0.101. The molecule has 2 rings (SSSR count). The van der Waals surface area contributed by atoms with Gasteiger partial charge in [0.25, 0.3) is 5.91 Å². The molecule has 2 aromatic rings. The van der Waals surface area contributed by atoms with E-state index in [2.05, 4.69) is 13.8 Å². The number of carbonyl (C=O) groups excluding carboxylic acids is 2. The second kappa shape index (κ2) is 10.6. The molecule has 0 aliphatic carbocycles. The number of furan rings is 1. The first kappa shape index (κ1) is 20.7. The Hall–Kier alpha value is -2.56. The number of rotatable bonds is 10. The fraction of sp³-hybridized carbons (Fsp3) is 0.455. The summed E-state index contributed by atoms with van der Waals surface area (Å²) in [6.45, 7) is 8.32. The normalized spacial score (nSPS) is 10.6. The summed E-state index contributed by atoms with van der Waals surface area (Å²) in [7, 11) is 0. The number of aryl methyl sites for hydroxylation is 1. The van der Waals surface area contributed by atoms with Crippen LogP contribution in [0.1, 0.15) is 54.8 Å². The van der Waals surface area contributed by atoms with E-state index in [0.29, 0.717) is 30.8 Å². The van der Waals surface area contributed by atoms with Crippen LogP contribution < -0.4 is 0 Å². The molecule has 0 saturated carbocycles. The molecule has 1 heterocycles. The number of benzene rings is 1. The fourth-order valence-electron chi connectivity index (χ4n) is 3.12. The van der Waals surface area contributed by atoms with Gasteiger partial charge in [0.15, 0.2) is 0 Å². The maximum absolute atomic E-state index is 13.0. The van der Waals surface area contributed by atoms with Crippen LogP contribution in [-0.4, -0.2) is 41.2 Å². The van der Waals surface area contributed by atoms with Crippen LogP contribution in [-0.2, 0) is 11.3 Å². The standard InChI is InChI=1S/C22H30N2O3/c1-4-13-23(14-5-2)21(25)11-15-24(17-19-9-7-6-8-10-19)22(26)20-12-16-27-18(20)3/h6-10,12,16H,4-5,11,13-15,17H2,1-3H3. The first-order valence-corrected chi connectivity index (χ1v) is 9.71. The summed E-state index contributed by atoms with van der Waals surface area (Å²) in [5.41, 5.74) is 1.59. The molecule has 1 aromatic carbocycles. The van der Waals surface area contributed by atoms with Gasteiger partial charge in [-0.15, -0.1) is 0 Å². The van der Waals surface area contributed by atoms with Gasteiger partial charge in [-0.2, -0.15) is 0 Å². The van der Waals surface area contributed by atoms with E-state index < -0.39 is 0 Å². The van der Waals surface area contributed by atoms with E-state index in [1.54, 1.807) is 17.9 Å². The summed E-state index contributed by atoms with van der Waals surface area (Å²) in [6.07, 6.45) is 3.73. The molecular formula is C22H30N2O3. The Labute approximate surface area is 162 Å². The summed E-state index contributed by atoms with van der Waals surface area (Å²) < 4.78 is 5.29. The largest absolute Gasteiger partial charge is 0.469 e. The molecule has 0 fully saturated rings. The predicted octanol–water partition coefficient (Wildman–Crippen LogP) is 4.27. The predicted molar refractivity (Wildman–Crippen MR) is 106 cm³/mol. The lowest BCUT2D eigenvalue weighted by atomic mass is 10.1. The molecule has 0 atom stereocenters. The fourth-order valence-corrected chi connectivity index (χ4v) is 3.12. The molecule has 1 aromatic heterocycles. The highest BCUT2D eigenvalue weighted by atomic mass is 16.3. The summed E-state index contributed by atoms with van der Waals surface area (Å²) in [5, 5.41) is 0. The molecule has 0 aliphatic rings. The maximum atomic E-state index is 13.0. The second-order valence-corrected chi connectivity index (χ2v) is 6.73. The summed E-state index contributed by atoms with van der Waals surface area (Å²) in [6, 6.07) is 11.5. The molecule has 2 amide bonds. The maximum Gasteiger partial charge on any atom is 0.257 e. The number of hydrogen-bond acceptors (Lipinski definition) is 3. The Balaban J connectivity index is 2.11. The highest BCUT2D eigenvalue weighted by Gasteiger charge is 2.21. The molecule has 0 N–H and O–H groups in total. The van der Waals surface area contributed by atoms with Gasteiger partial charge in [-0.25, -0.2) is 0 Å². The van der Waals surface area contributed by atoms with Crippen molar-refractivity contribution in [2.24, 2.45) is 0 Å². The van der Waals surface area contributed by atoms with Crippen LogP contribution in [0.4, 0.5) is 0 Å². The van der Waals surface area contributed by atoms with Gasteiger partial charge >= 0.3 is 0 Å². The topological polar surface area (TPSA) is 53.8 Å². The zero-order valence-corrected chi connectivity index (χ0v) is 16.6. The van der Waals surface area contributed by atoms with Gasteiger partial charge in [0.2, 0.25) is 5.91 Å². The van der Waals surface area contributed by atoms with Crippen LogP contribution in [0.3, 0.4) is 0 Å². The van der Waals surface area contributed by atoms with Gasteiger partial charge in [0, 0.05) is 32.6 Å². The molecule has 5 nitrogen and oxygen atoms in total. The zero-order valence-electron chi connectivity index (χ0n) is 16.6. The lowest BCUT2D eigenvalue weighted by Crippen LogP contribution is -2.37. The van der Waals surface area contributed by atoms with E-state index in [1.165, 1.54) is 6.26 Å². The Bertz CT molecular complexity index is 718. The monoisotopic (exact) mass is 370 g/mol. The smallest absolute Gasteiger partial charge is 0.257 e. The van der Waals surface area contributed by atoms with Gasteiger partial charge < -0.3 is 14.2 Å². The SMILES string of the molecule is CCCN(CCC)C(=O)CCN(Cc1ccccc1)C(=O)c1ccoc1C. The van der Waals surface area contributed by atoms with Crippen molar-refractivity contribution in [3.8, 4) is 0 Å². The molecule has 0 aliphatic heterocycles. The Morgan fingerprint density at radius 3 is 2.15 bits per heavy atom. The van der Waals surface area contributed by atoms with Crippen molar-refractivity contribution in [3.63, 3.8) is 0 Å². The van der Waals surface area contributed by atoms with E-state index in [1.807, 2.05) is 35.2 Å². The third-order valence-corrected chi connectivity index (χ3v) is 4.53. The molecule has 146 valence electrons. The van der Waals surface area contributed by atoms with Crippen LogP contribution in [0.5, 0.6) is 0 Å². The van der Waals surface area contributed by atoms with Crippen LogP contribution in [0.15, 0.2) is 47.1 Å². The first-order valence-electron chi connectivity index (χ1n) is 9.71. The average molecular weight is 370 g/mol. The highest BCUT2D eigenvalue weighted by Crippen LogP contribution is 2.15. The zero-order chi connectivity index (χ0) is 19.6. The van der Waals surface area contributed by atoms with E-state index in [9.17, 15) is 9.59 Å². The number of nitrogens with zero attached hydrogens (tertiary/aromatic N) is 2. The lowest BCUT2D eigenvalue weighted by molar-refractivity contribution is -0.131. The third-order valence-electron chi connectivity index (χ3n) is 4.53. The molecule has 0 radical (unpaired) electrons. The molecular weight excluding hydrogens is 340 g/mol. The van der Waals surface area contributed by atoms with Gasteiger partial charge in [0.05, 0.1) is 11.8 Å². The first-order chi connectivity index (χ1) is 13.1. The average Bonchev–Trinajstić information content (AvgIpc) is 3.11. The quantitative estimate of drug-likeness (QED) is 0.628. The minimum Gasteiger partial charge on any atom is -0.469 e. The number of carbonyl (C=O) groups is 2. The van der Waals surface area contributed by atoms with Crippen molar-refractivity contribution < 1.29 is 14.0 Å². The molecule has 0 saturated heterocycles. The Kier molecular flexibility index (Phi) is 8.11. The van der Waals surface area contributed by atoms with Crippen molar-refractivity contribution >= 4 is 11.8 Å². The van der Waals surface area contributed by atoms with Crippen LogP contribution >= 0.6 is 0 Å². The summed E-state index contributed by atoms with van der Waals surface area (Å²) >= 11 is 0. The van der Waals surface area contributed by atoms with Crippen molar-refractivity contribution in [1.29, 1.82) is 0 Å². The van der Waals surface area contributed by atoms with E-state index in [-0.39, 0.29) is 11.8 Å². The van der Waals surface area contributed by atoms with Gasteiger partial charge in [-0.3, -0.25) is 9.59 Å². The minimum absolute atomic E-state index is 0.101. The van der Waals surface area contributed by atoms with Gasteiger partial charge in [-0.1, -0.05) is 44.2 Å². The molecule has 0 spiro atoms. The number of hydrogen-bond donors (Lipinski definition) is 0. The molecule has 0 unspecified atom stereocenters. The highest BCUT2D eigenvalue weighted by molar-refractivity contribution is 5.95. The van der Waals surface area contributed by atoms with Gasteiger partial charge in [0.1, 0.15) is 5.76 Å². The second-order valence-electron chi connectivity index (χ2n) is 6.73.